The van der Waals surface area contributed by atoms with Crippen LogP contribution in [-0.4, -0.2) is 72.1 Å². The first-order chi connectivity index (χ1) is 14.0. The molecule has 1 heterocycles. The van der Waals surface area contributed by atoms with Gasteiger partial charge in [-0.1, -0.05) is 30.3 Å². The average Bonchev–Trinajstić information content (AvgIpc) is 2.91. The molecule has 1 spiro atoms. The Labute approximate surface area is 174 Å². The van der Waals surface area contributed by atoms with E-state index in [1.807, 2.05) is 32.3 Å². The largest absolute Gasteiger partial charge is 0.390 e. The summed E-state index contributed by atoms with van der Waals surface area (Å²) in [6, 6.07) is 9.52. The fraction of sp³-hybridized carbons (Fsp3) is 0.619. The van der Waals surface area contributed by atoms with Crippen molar-refractivity contribution in [1.29, 1.82) is 0 Å². The van der Waals surface area contributed by atoms with Gasteiger partial charge in [0.05, 0.1) is 12.0 Å². The summed E-state index contributed by atoms with van der Waals surface area (Å²) in [7, 11) is 4.01. The molecule has 1 saturated carbocycles. The Kier molecular flexibility index (Phi) is 6.04. The van der Waals surface area contributed by atoms with Crippen LogP contribution >= 0.6 is 0 Å². The molecular weight excluding hydrogens is 397 g/mol. The van der Waals surface area contributed by atoms with Gasteiger partial charge in [0.25, 0.3) is 0 Å². The predicted molar refractivity (Wildman–Crippen MR) is 107 cm³/mol. The summed E-state index contributed by atoms with van der Waals surface area (Å²) in [5.74, 6) is -0.668. The number of benzene rings is 1. The Bertz CT molecular complexity index is 774. The molecule has 3 rings (SSSR count). The van der Waals surface area contributed by atoms with E-state index in [1.165, 1.54) is 9.80 Å². The molecule has 0 aromatic heterocycles. The lowest BCUT2D eigenvalue weighted by Crippen LogP contribution is -2.55. The Morgan fingerprint density at radius 1 is 1.13 bits per heavy atom. The molecule has 1 aliphatic carbocycles. The predicted octanol–water partition coefficient (Wildman–Crippen LogP) is 2.93. The number of hydrogen-bond acceptors (Lipinski definition) is 3. The van der Waals surface area contributed by atoms with Crippen LogP contribution in [0.4, 0.5) is 18.0 Å². The third-order valence-corrected chi connectivity index (χ3v) is 6.70. The number of amides is 3. The van der Waals surface area contributed by atoms with E-state index < -0.39 is 36.6 Å². The van der Waals surface area contributed by atoms with Crippen molar-refractivity contribution in [2.45, 2.75) is 49.4 Å². The Morgan fingerprint density at radius 3 is 2.23 bits per heavy atom. The Morgan fingerprint density at radius 2 is 1.73 bits per heavy atom. The van der Waals surface area contributed by atoms with Gasteiger partial charge < -0.3 is 15.5 Å². The molecule has 2 aliphatic rings. The van der Waals surface area contributed by atoms with Gasteiger partial charge in [-0.3, -0.25) is 9.69 Å². The monoisotopic (exact) mass is 426 g/mol. The first-order valence-electron chi connectivity index (χ1n) is 10.1. The summed E-state index contributed by atoms with van der Waals surface area (Å²) in [5, 5.41) is 0. The topological polar surface area (TPSA) is 69.9 Å². The van der Waals surface area contributed by atoms with Gasteiger partial charge in [0.2, 0.25) is 5.91 Å². The molecular formula is C21H29F3N4O2. The summed E-state index contributed by atoms with van der Waals surface area (Å²) >= 11 is 0. The minimum atomic E-state index is -4.36. The second-order valence-corrected chi connectivity index (χ2v) is 8.64. The molecule has 1 aromatic carbocycles. The van der Waals surface area contributed by atoms with E-state index in [-0.39, 0.29) is 18.6 Å². The zero-order valence-electron chi connectivity index (χ0n) is 17.4. The highest BCUT2D eigenvalue weighted by atomic mass is 19.4. The molecule has 1 aromatic rings. The quantitative estimate of drug-likeness (QED) is 0.761. The standard InChI is InChI=1S/C21H29F3N4O2/c1-26(2)20(16-6-4-3-5-7-16)10-8-19(9-11-20)15-27(14-17(25)29)18(30)28(19)13-12-21(22,23)24/h3-7H,8-15H2,1-2H3,(H2,25,29). The van der Waals surface area contributed by atoms with Crippen LogP contribution in [-0.2, 0) is 10.3 Å². The number of rotatable bonds is 6. The van der Waals surface area contributed by atoms with Gasteiger partial charge in [0, 0.05) is 18.6 Å². The SMILES string of the molecule is CN(C)C1(c2ccccc2)CCC2(CC1)CN(CC(N)=O)C(=O)N2CCC(F)(F)F. The molecule has 0 bridgehead atoms. The summed E-state index contributed by atoms with van der Waals surface area (Å²) in [6.07, 6.45) is -2.92. The number of urea groups is 1. The third kappa shape index (κ3) is 4.26. The maximum atomic E-state index is 12.9. The van der Waals surface area contributed by atoms with Crippen LogP contribution in [0.2, 0.25) is 0 Å². The molecule has 2 N–H and O–H groups in total. The van der Waals surface area contributed by atoms with Crippen LogP contribution in [0, 0.1) is 0 Å². The number of alkyl halides is 3. The summed E-state index contributed by atoms with van der Waals surface area (Å²) in [4.78, 5) is 29.1. The molecule has 30 heavy (non-hydrogen) atoms. The second kappa shape index (κ2) is 8.09. The number of carbonyl (C=O) groups is 2. The maximum absolute atomic E-state index is 12.9. The zero-order valence-corrected chi connectivity index (χ0v) is 17.4. The van der Waals surface area contributed by atoms with Crippen molar-refractivity contribution in [3.8, 4) is 0 Å². The van der Waals surface area contributed by atoms with E-state index in [0.29, 0.717) is 25.7 Å². The van der Waals surface area contributed by atoms with Crippen molar-refractivity contribution in [3.05, 3.63) is 35.9 Å². The molecule has 1 saturated heterocycles. The van der Waals surface area contributed by atoms with Gasteiger partial charge in [-0.15, -0.1) is 0 Å². The van der Waals surface area contributed by atoms with E-state index in [1.54, 1.807) is 0 Å². The molecule has 166 valence electrons. The van der Waals surface area contributed by atoms with Crippen LogP contribution in [0.3, 0.4) is 0 Å². The summed E-state index contributed by atoms with van der Waals surface area (Å²) < 4.78 is 38.8. The average molecular weight is 426 g/mol. The van der Waals surface area contributed by atoms with Crippen LogP contribution in [0.5, 0.6) is 0 Å². The van der Waals surface area contributed by atoms with Gasteiger partial charge in [-0.2, -0.15) is 13.2 Å². The number of carbonyl (C=O) groups excluding carboxylic acids is 2. The van der Waals surface area contributed by atoms with Gasteiger partial charge in [-0.25, -0.2) is 4.79 Å². The van der Waals surface area contributed by atoms with Crippen LogP contribution in [0.15, 0.2) is 30.3 Å². The Balaban J connectivity index is 1.87. The number of hydrogen-bond donors (Lipinski definition) is 1. The highest BCUT2D eigenvalue weighted by molar-refractivity contribution is 5.85. The van der Waals surface area contributed by atoms with Crippen LogP contribution in [0.1, 0.15) is 37.7 Å². The number of halogens is 3. The van der Waals surface area contributed by atoms with E-state index in [0.717, 1.165) is 5.56 Å². The molecule has 3 amide bonds. The van der Waals surface area contributed by atoms with Gasteiger partial charge in [0.1, 0.15) is 6.54 Å². The van der Waals surface area contributed by atoms with E-state index in [2.05, 4.69) is 17.0 Å². The minimum Gasteiger partial charge on any atom is -0.368 e. The van der Waals surface area contributed by atoms with Crippen LogP contribution in [0.25, 0.3) is 0 Å². The molecule has 0 unspecified atom stereocenters. The summed E-state index contributed by atoms with van der Waals surface area (Å²) in [5.41, 5.74) is 5.46. The van der Waals surface area contributed by atoms with Crippen molar-refractivity contribution < 1.29 is 22.8 Å². The van der Waals surface area contributed by atoms with E-state index >= 15 is 0 Å². The number of nitrogens with two attached hydrogens (primary N) is 1. The zero-order chi connectivity index (χ0) is 22.2. The number of nitrogens with zero attached hydrogens (tertiary/aromatic N) is 3. The Hall–Kier alpha value is -2.29. The van der Waals surface area contributed by atoms with E-state index in [9.17, 15) is 22.8 Å². The van der Waals surface area contributed by atoms with Gasteiger partial charge in [-0.05, 0) is 45.3 Å². The van der Waals surface area contributed by atoms with Crippen LogP contribution < -0.4 is 5.73 Å². The number of primary amides is 1. The van der Waals surface area contributed by atoms with Gasteiger partial charge >= 0.3 is 12.2 Å². The van der Waals surface area contributed by atoms with Crippen molar-refractivity contribution in [3.63, 3.8) is 0 Å². The lowest BCUT2D eigenvalue weighted by molar-refractivity contribution is -0.139. The highest BCUT2D eigenvalue weighted by Crippen LogP contribution is 2.49. The second-order valence-electron chi connectivity index (χ2n) is 8.64. The molecule has 1 aliphatic heterocycles. The fourth-order valence-electron chi connectivity index (χ4n) is 5.06. The third-order valence-electron chi connectivity index (χ3n) is 6.70. The smallest absolute Gasteiger partial charge is 0.368 e. The maximum Gasteiger partial charge on any atom is 0.390 e. The molecule has 9 heteroatoms. The van der Waals surface area contributed by atoms with Crippen molar-refractivity contribution in [1.82, 2.24) is 14.7 Å². The van der Waals surface area contributed by atoms with Crippen molar-refractivity contribution >= 4 is 11.9 Å². The lowest BCUT2D eigenvalue weighted by Gasteiger charge is -2.51. The minimum absolute atomic E-state index is 0.227. The molecule has 2 fully saturated rings. The molecule has 0 atom stereocenters. The normalized spacial score (nSPS) is 27.3. The van der Waals surface area contributed by atoms with Gasteiger partial charge in [0.15, 0.2) is 0 Å². The lowest BCUT2D eigenvalue weighted by atomic mass is 9.68. The first kappa shape index (κ1) is 22.4. The van der Waals surface area contributed by atoms with Crippen molar-refractivity contribution in [2.75, 3.05) is 33.7 Å². The molecule has 6 nitrogen and oxygen atoms in total. The summed E-state index contributed by atoms with van der Waals surface area (Å²) in [6.45, 7) is -0.455. The molecule has 0 radical (unpaired) electrons. The first-order valence-corrected chi connectivity index (χ1v) is 10.1. The fourth-order valence-corrected chi connectivity index (χ4v) is 5.06. The van der Waals surface area contributed by atoms with Crippen molar-refractivity contribution in [2.24, 2.45) is 5.73 Å². The highest BCUT2D eigenvalue weighted by Gasteiger charge is 2.54. The van der Waals surface area contributed by atoms with E-state index in [4.69, 9.17) is 5.73 Å².